The number of benzene rings is 19. The van der Waals surface area contributed by atoms with Gasteiger partial charge in [-0.15, -0.1) is 0 Å². The average Bonchev–Trinajstić information content (AvgIpc) is 1.03. The predicted molar refractivity (Wildman–Crippen MR) is 490 cm³/mol. The van der Waals surface area contributed by atoms with Crippen molar-refractivity contribution in [1.29, 1.82) is 0 Å². The van der Waals surface area contributed by atoms with Gasteiger partial charge in [0.05, 0.1) is 33.4 Å². The molecule has 0 saturated carbocycles. The third kappa shape index (κ3) is 10.4. The lowest BCUT2D eigenvalue weighted by Crippen LogP contribution is -2.61. The van der Waals surface area contributed by atoms with Crippen LogP contribution in [0.15, 0.2) is 400 Å². The smallest absolute Gasteiger partial charge is 0.252 e. The average molecular weight is 1460 g/mol. The van der Waals surface area contributed by atoms with Crippen LogP contribution in [0.5, 0.6) is 0 Å². The topological polar surface area (TPSA) is 16.3 Å². The summed E-state index contributed by atoms with van der Waals surface area (Å²) >= 11 is 0. The molecule has 0 amide bonds. The SMILES string of the molecule is CC(C)(C)c1cc2c3c(c1)N(c1c(-c4ccccc4)cc(-c4ccccc4)cc1-c1ccccc1)c1cc(-n4c5ccc6ccccc6c5c5ccc6ccccc6c54)ccc1B3c1ccc(-n3c4ccc5ccccc5c4c4ccc5ccccc5c43)cc1N2c1c(-c2ccccc2)cc(-c2ccccc2)cc1-c1ccccc1. The molecule has 0 aliphatic carbocycles. The Bertz CT molecular complexity index is 6990. The van der Waals surface area contributed by atoms with Gasteiger partial charge in [0.25, 0.3) is 6.71 Å². The second-order valence-corrected chi connectivity index (χ2v) is 32.2. The maximum absolute atomic E-state index is 2.74. The second-order valence-electron chi connectivity index (χ2n) is 32.2. The molecule has 2 aliphatic heterocycles. The van der Waals surface area contributed by atoms with Crippen LogP contribution in [0.3, 0.4) is 0 Å². The molecule has 0 unspecified atom stereocenters. The number of anilines is 6. The lowest BCUT2D eigenvalue weighted by atomic mass is 9.33. The number of rotatable bonds is 10. The van der Waals surface area contributed by atoms with E-state index in [2.05, 4.69) is 440 Å². The van der Waals surface area contributed by atoms with E-state index < -0.39 is 0 Å². The highest BCUT2D eigenvalue weighted by Gasteiger charge is 2.47. The molecular weight excluding hydrogens is 1390 g/mol. The van der Waals surface area contributed by atoms with Crippen molar-refractivity contribution in [1.82, 2.24) is 9.13 Å². The molecule has 19 aromatic carbocycles. The zero-order valence-corrected chi connectivity index (χ0v) is 64.0. The van der Waals surface area contributed by atoms with Crippen molar-refractivity contribution in [2.45, 2.75) is 26.2 Å². The first-order chi connectivity index (χ1) is 56.7. The van der Waals surface area contributed by atoms with Gasteiger partial charge in [-0.1, -0.05) is 348 Å². The molecule has 0 radical (unpaired) electrons. The summed E-state index contributed by atoms with van der Waals surface area (Å²) in [5, 5.41) is 14.6. The van der Waals surface area contributed by atoms with E-state index in [1.165, 1.54) is 97.6 Å². The van der Waals surface area contributed by atoms with E-state index in [0.717, 1.165) is 123 Å². The maximum Gasteiger partial charge on any atom is 0.252 e. The Kier molecular flexibility index (Phi) is 15.0. The summed E-state index contributed by atoms with van der Waals surface area (Å²) in [4.78, 5) is 5.48. The molecule has 0 bridgehead atoms. The zero-order chi connectivity index (χ0) is 76.1. The fourth-order valence-electron chi connectivity index (χ4n) is 19.5. The lowest BCUT2D eigenvalue weighted by Gasteiger charge is -2.46. The highest BCUT2D eigenvalue weighted by Crippen LogP contribution is 2.56. The van der Waals surface area contributed by atoms with Gasteiger partial charge in [0.2, 0.25) is 0 Å². The monoisotopic (exact) mass is 1460 g/mol. The number of nitrogens with zero attached hydrogens (tertiary/aromatic N) is 4. The molecule has 538 valence electrons. The summed E-state index contributed by atoms with van der Waals surface area (Å²) in [6.07, 6.45) is 0. The van der Waals surface area contributed by atoms with Crippen LogP contribution >= 0.6 is 0 Å². The van der Waals surface area contributed by atoms with E-state index >= 15 is 0 Å². The minimum absolute atomic E-state index is 0.307. The Balaban J connectivity index is 0.908. The Morgan fingerprint density at radius 3 is 0.887 bits per heavy atom. The molecule has 2 aromatic heterocycles. The van der Waals surface area contributed by atoms with Gasteiger partial charge in [-0.25, -0.2) is 0 Å². The Hall–Kier alpha value is -14.5. The number of fused-ring (bicyclic) bond motifs is 18. The molecule has 4 heterocycles. The van der Waals surface area contributed by atoms with Crippen molar-refractivity contribution < 1.29 is 0 Å². The van der Waals surface area contributed by atoms with Crippen LogP contribution in [0.1, 0.15) is 26.3 Å². The van der Waals surface area contributed by atoms with E-state index in [0.29, 0.717) is 0 Å². The van der Waals surface area contributed by atoms with Crippen molar-refractivity contribution in [3.8, 4) is 78.1 Å². The van der Waals surface area contributed by atoms with E-state index in [-0.39, 0.29) is 12.1 Å². The quantitative estimate of drug-likeness (QED) is 0.127. The summed E-state index contributed by atoms with van der Waals surface area (Å²) in [5.74, 6) is 0. The molecule has 115 heavy (non-hydrogen) atoms. The van der Waals surface area contributed by atoms with Gasteiger partial charge in [0, 0.05) is 88.7 Å². The third-order valence-electron chi connectivity index (χ3n) is 24.7. The van der Waals surface area contributed by atoms with Crippen LogP contribution in [0, 0.1) is 0 Å². The first kappa shape index (κ1) is 66.3. The maximum atomic E-state index is 2.74. The van der Waals surface area contributed by atoms with E-state index in [1.807, 2.05) is 0 Å². The molecule has 21 aromatic rings. The normalized spacial score (nSPS) is 12.6. The van der Waals surface area contributed by atoms with Crippen LogP contribution < -0.4 is 26.2 Å². The number of aromatic nitrogens is 2. The Labute approximate surface area is 668 Å². The van der Waals surface area contributed by atoms with Gasteiger partial charge in [-0.2, -0.15) is 0 Å². The van der Waals surface area contributed by atoms with Crippen LogP contribution in [-0.2, 0) is 5.41 Å². The Morgan fingerprint density at radius 2 is 0.539 bits per heavy atom. The van der Waals surface area contributed by atoms with Crippen LogP contribution in [0.2, 0.25) is 0 Å². The van der Waals surface area contributed by atoms with Gasteiger partial charge in [0.15, 0.2) is 0 Å². The first-order valence-electron chi connectivity index (χ1n) is 40.2. The van der Waals surface area contributed by atoms with E-state index in [9.17, 15) is 0 Å². The van der Waals surface area contributed by atoms with Crippen molar-refractivity contribution >= 4 is 144 Å². The van der Waals surface area contributed by atoms with Crippen LogP contribution in [0.4, 0.5) is 34.1 Å². The minimum Gasteiger partial charge on any atom is -0.310 e. The van der Waals surface area contributed by atoms with Gasteiger partial charge in [-0.3, -0.25) is 0 Å². The fourth-order valence-corrected chi connectivity index (χ4v) is 19.5. The summed E-state index contributed by atoms with van der Waals surface area (Å²) in [6.45, 7) is 6.91. The summed E-state index contributed by atoms with van der Waals surface area (Å²) in [6, 6.07) is 151. The van der Waals surface area contributed by atoms with Gasteiger partial charge >= 0.3 is 0 Å². The molecule has 0 spiro atoms. The molecule has 2 aliphatic rings. The fraction of sp³-hybridized carbons (Fsp3) is 0.0364. The molecule has 0 atom stereocenters. The highest BCUT2D eigenvalue weighted by atomic mass is 15.2. The van der Waals surface area contributed by atoms with E-state index in [4.69, 9.17) is 0 Å². The largest absolute Gasteiger partial charge is 0.310 e. The molecule has 23 rings (SSSR count). The standard InChI is InChI=1S/C110H75BN4/c1-110(2,3)82-66-101-105-102(67-82)115(109-93(74-38-18-8-19-39-74)64-81(71-32-12-5-13-33-71)65-94(109)75-40-20-9-21-41-75)100-69-84(113-98-61-53-77-43-23-27-47-86(77)104(98)90-57-51-79-45-25-29-49-88(79)107(90)113)55-59-96(100)111(105)95-58-54-83(112-97-60-52-76-42-22-26-46-85(76)103(97)89-56-50-78-44-24-28-48-87(78)106(89)112)68-99(95)114(101)108-91(72-34-14-6-15-35-72)62-80(70-30-10-4-11-31-70)63-92(108)73-36-16-7-17-37-73/h4-69H,1-3H3. The Morgan fingerprint density at radius 1 is 0.235 bits per heavy atom. The minimum atomic E-state index is -0.383. The van der Waals surface area contributed by atoms with Crippen LogP contribution in [-0.4, -0.2) is 15.8 Å². The van der Waals surface area contributed by atoms with Crippen LogP contribution in [0.25, 0.3) is 165 Å². The zero-order valence-electron chi connectivity index (χ0n) is 64.0. The van der Waals surface area contributed by atoms with Gasteiger partial charge in [-0.05, 0) is 177 Å². The summed E-state index contributed by atoms with van der Waals surface area (Å²) < 4.78 is 5.19. The summed E-state index contributed by atoms with van der Waals surface area (Å²) in [7, 11) is 0. The highest BCUT2D eigenvalue weighted by molar-refractivity contribution is 7.00. The van der Waals surface area contributed by atoms with Crippen molar-refractivity contribution in [3.05, 3.63) is 406 Å². The molecule has 0 N–H and O–H groups in total. The predicted octanol–water partition coefficient (Wildman–Crippen LogP) is 27.9. The van der Waals surface area contributed by atoms with Crippen molar-refractivity contribution in [3.63, 3.8) is 0 Å². The van der Waals surface area contributed by atoms with Gasteiger partial charge < -0.3 is 18.9 Å². The van der Waals surface area contributed by atoms with Crippen molar-refractivity contribution in [2.75, 3.05) is 9.80 Å². The molecule has 5 heteroatoms. The molecule has 0 saturated heterocycles. The van der Waals surface area contributed by atoms with Gasteiger partial charge in [0.1, 0.15) is 0 Å². The number of hydrogen-bond acceptors (Lipinski definition) is 2. The second kappa shape index (κ2) is 26.0. The molecular formula is C110H75BN4. The third-order valence-corrected chi connectivity index (χ3v) is 24.7. The van der Waals surface area contributed by atoms with E-state index in [1.54, 1.807) is 0 Å². The molecule has 0 fully saturated rings. The van der Waals surface area contributed by atoms with Crippen molar-refractivity contribution in [2.24, 2.45) is 0 Å². The molecule has 4 nitrogen and oxygen atoms in total. The number of hydrogen-bond donors (Lipinski definition) is 0. The lowest BCUT2D eigenvalue weighted by molar-refractivity contribution is 0.590. The summed E-state index contributed by atoms with van der Waals surface area (Å²) in [5.41, 5.74) is 31.5. The first-order valence-corrected chi connectivity index (χ1v) is 40.2.